The van der Waals surface area contributed by atoms with Gasteiger partial charge in [-0.15, -0.1) is 11.3 Å². The molecule has 0 spiro atoms. The van der Waals surface area contributed by atoms with Gasteiger partial charge in [0.2, 0.25) is 0 Å². The number of hydrogen-bond acceptors (Lipinski definition) is 3. The van der Waals surface area contributed by atoms with Gasteiger partial charge in [-0.25, -0.2) is 9.37 Å². The van der Waals surface area contributed by atoms with Crippen molar-refractivity contribution in [3.05, 3.63) is 39.1 Å². The van der Waals surface area contributed by atoms with Crippen LogP contribution in [0.3, 0.4) is 0 Å². The van der Waals surface area contributed by atoms with E-state index in [-0.39, 0.29) is 11.9 Å². The highest BCUT2D eigenvalue weighted by molar-refractivity contribution is 9.10. The first-order valence-corrected chi connectivity index (χ1v) is 7.80. The molecule has 2 aromatic rings. The van der Waals surface area contributed by atoms with E-state index in [2.05, 4.69) is 40.1 Å². The molecule has 0 saturated heterocycles. The van der Waals surface area contributed by atoms with Crippen LogP contribution in [-0.4, -0.2) is 11.5 Å². The number of nitrogens with zero attached hydrogens (tertiary/aromatic N) is 1. The number of aryl methyl sites for hydroxylation is 1. The number of aromatic nitrogens is 1. The molecule has 0 aliphatic rings. The average molecular weight is 343 g/mol. The molecule has 1 aromatic heterocycles. The van der Waals surface area contributed by atoms with Crippen molar-refractivity contribution in [1.29, 1.82) is 0 Å². The smallest absolute Gasteiger partial charge is 0.134 e. The molecule has 19 heavy (non-hydrogen) atoms. The number of rotatable bonds is 4. The number of hydrogen-bond donors (Lipinski definition) is 1. The summed E-state index contributed by atoms with van der Waals surface area (Å²) in [5, 5.41) is 4.10. The summed E-state index contributed by atoms with van der Waals surface area (Å²) in [7, 11) is 0. The Hall–Kier alpha value is -0.780. The summed E-state index contributed by atoms with van der Waals surface area (Å²) in [4.78, 5) is 5.66. The molecule has 1 unspecified atom stereocenters. The SMILES string of the molecule is CCNC(C)c1sc(-c2ccc(Br)cc2F)nc1C. The lowest BCUT2D eigenvalue weighted by atomic mass is 10.2. The standard InChI is InChI=1S/C14H16BrFN2S/c1-4-17-8(2)13-9(3)18-14(19-13)11-6-5-10(15)7-12(11)16/h5-8,17H,4H2,1-3H3. The van der Waals surface area contributed by atoms with E-state index in [1.807, 2.05) is 13.0 Å². The summed E-state index contributed by atoms with van der Waals surface area (Å²) in [6.45, 7) is 7.05. The van der Waals surface area contributed by atoms with E-state index < -0.39 is 0 Å². The molecule has 0 radical (unpaired) electrons. The third-order valence-corrected chi connectivity index (χ3v) is 4.76. The van der Waals surface area contributed by atoms with Gasteiger partial charge in [0.25, 0.3) is 0 Å². The van der Waals surface area contributed by atoms with Crippen molar-refractivity contribution >= 4 is 27.3 Å². The first kappa shape index (κ1) is 14.6. The normalized spacial score (nSPS) is 12.7. The summed E-state index contributed by atoms with van der Waals surface area (Å²) < 4.78 is 14.7. The largest absolute Gasteiger partial charge is 0.310 e. The van der Waals surface area contributed by atoms with Gasteiger partial charge in [0, 0.05) is 21.0 Å². The molecule has 0 amide bonds. The predicted molar refractivity (Wildman–Crippen MR) is 82.0 cm³/mol. The van der Waals surface area contributed by atoms with Crippen LogP contribution in [0.4, 0.5) is 4.39 Å². The number of halogens is 2. The molecule has 1 atom stereocenters. The highest BCUT2D eigenvalue weighted by Crippen LogP contribution is 2.33. The van der Waals surface area contributed by atoms with Crippen LogP contribution in [0.5, 0.6) is 0 Å². The molecule has 0 aliphatic heterocycles. The summed E-state index contributed by atoms with van der Waals surface area (Å²) in [5.41, 5.74) is 1.53. The molecule has 2 rings (SSSR count). The lowest BCUT2D eigenvalue weighted by Crippen LogP contribution is -2.17. The van der Waals surface area contributed by atoms with E-state index in [1.54, 1.807) is 17.4 Å². The third kappa shape index (κ3) is 3.22. The lowest BCUT2D eigenvalue weighted by Gasteiger charge is -2.09. The molecule has 102 valence electrons. The Morgan fingerprint density at radius 3 is 2.84 bits per heavy atom. The second-order valence-corrected chi connectivity index (χ2v) is 6.32. The molecule has 0 saturated carbocycles. The summed E-state index contributed by atoms with van der Waals surface area (Å²) in [5.74, 6) is -0.245. The van der Waals surface area contributed by atoms with E-state index in [9.17, 15) is 4.39 Å². The quantitative estimate of drug-likeness (QED) is 0.871. The van der Waals surface area contributed by atoms with E-state index in [0.717, 1.165) is 21.7 Å². The molecule has 0 fully saturated rings. The topological polar surface area (TPSA) is 24.9 Å². The van der Waals surface area contributed by atoms with Gasteiger partial charge in [0.15, 0.2) is 0 Å². The van der Waals surface area contributed by atoms with Crippen LogP contribution >= 0.6 is 27.3 Å². The van der Waals surface area contributed by atoms with Crippen molar-refractivity contribution in [2.45, 2.75) is 26.8 Å². The highest BCUT2D eigenvalue weighted by atomic mass is 79.9. The zero-order chi connectivity index (χ0) is 14.0. The highest BCUT2D eigenvalue weighted by Gasteiger charge is 2.16. The van der Waals surface area contributed by atoms with E-state index in [1.165, 1.54) is 10.9 Å². The maximum Gasteiger partial charge on any atom is 0.134 e. The van der Waals surface area contributed by atoms with E-state index in [0.29, 0.717) is 5.56 Å². The Labute approximate surface area is 125 Å². The minimum atomic E-state index is -0.245. The Bertz CT molecular complexity index is 583. The molecular formula is C14H16BrFN2S. The first-order valence-electron chi connectivity index (χ1n) is 6.19. The molecule has 5 heteroatoms. The van der Waals surface area contributed by atoms with Crippen LogP contribution in [0.2, 0.25) is 0 Å². The van der Waals surface area contributed by atoms with Crippen LogP contribution in [0.15, 0.2) is 22.7 Å². The van der Waals surface area contributed by atoms with Crippen molar-refractivity contribution in [1.82, 2.24) is 10.3 Å². The lowest BCUT2D eigenvalue weighted by molar-refractivity contribution is 0.603. The van der Waals surface area contributed by atoms with Crippen LogP contribution < -0.4 is 5.32 Å². The number of thiazole rings is 1. The Morgan fingerprint density at radius 1 is 1.47 bits per heavy atom. The number of benzene rings is 1. The van der Waals surface area contributed by atoms with Gasteiger partial charge in [0.1, 0.15) is 10.8 Å². The predicted octanol–water partition coefficient (Wildman–Crippen LogP) is 4.69. The van der Waals surface area contributed by atoms with Gasteiger partial charge in [-0.05, 0) is 38.6 Å². The minimum absolute atomic E-state index is 0.245. The molecule has 1 heterocycles. The third-order valence-electron chi connectivity index (χ3n) is 2.90. The van der Waals surface area contributed by atoms with Gasteiger partial charge in [-0.2, -0.15) is 0 Å². The van der Waals surface area contributed by atoms with Gasteiger partial charge in [-0.3, -0.25) is 0 Å². The molecule has 0 aliphatic carbocycles. The van der Waals surface area contributed by atoms with Crippen molar-refractivity contribution < 1.29 is 4.39 Å². The molecule has 2 nitrogen and oxygen atoms in total. The Morgan fingerprint density at radius 2 is 2.21 bits per heavy atom. The van der Waals surface area contributed by atoms with Crippen LogP contribution in [0, 0.1) is 12.7 Å². The van der Waals surface area contributed by atoms with E-state index in [4.69, 9.17) is 0 Å². The summed E-state index contributed by atoms with van der Waals surface area (Å²) in [6.07, 6.45) is 0. The number of nitrogens with one attached hydrogen (secondary N) is 1. The fraction of sp³-hybridized carbons (Fsp3) is 0.357. The van der Waals surface area contributed by atoms with Gasteiger partial charge < -0.3 is 5.32 Å². The Balaban J connectivity index is 2.39. The zero-order valence-corrected chi connectivity index (χ0v) is 13.5. The first-order chi connectivity index (χ1) is 9.02. The maximum absolute atomic E-state index is 13.9. The van der Waals surface area contributed by atoms with Crippen molar-refractivity contribution in [2.24, 2.45) is 0 Å². The van der Waals surface area contributed by atoms with Crippen molar-refractivity contribution in [3.8, 4) is 10.6 Å². The zero-order valence-electron chi connectivity index (χ0n) is 11.1. The van der Waals surface area contributed by atoms with Gasteiger partial charge in [-0.1, -0.05) is 22.9 Å². The maximum atomic E-state index is 13.9. The summed E-state index contributed by atoms with van der Waals surface area (Å²) >= 11 is 4.82. The fourth-order valence-corrected chi connectivity index (χ4v) is 3.44. The molecule has 0 bridgehead atoms. The Kier molecular flexibility index (Phi) is 4.71. The molecule has 1 N–H and O–H groups in total. The van der Waals surface area contributed by atoms with Crippen LogP contribution in [-0.2, 0) is 0 Å². The molecular weight excluding hydrogens is 327 g/mol. The van der Waals surface area contributed by atoms with Crippen molar-refractivity contribution in [2.75, 3.05) is 6.54 Å². The second kappa shape index (κ2) is 6.11. The van der Waals surface area contributed by atoms with E-state index >= 15 is 0 Å². The van der Waals surface area contributed by atoms with Crippen molar-refractivity contribution in [3.63, 3.8) is 0 Å². The fourth-order valence-electron chi connectivity index (χ4n) is 1.99. The van der Waals surface area contributed by atoms with Crippen LogP contribution in [0.25, 0.3) is 10.6 Å². The van der Waals surface area contributed by atoms with Gasteiger partial charge >= 0.3 is 0 Å². The minimum Gasteiger partial charge on any atom is -0.310 e. The second-order valence-electron chi connectivity index (χ2n) is 4.37. The summed E-state index contributed by atoms with van der Waals surface area (Å²) in [6, 6.07) is 5.32. The van der Waals surface area contributed by atoms with Gasteiger partial charge in [0.05, 0.1) is 5.69 Å². The monoisotopic (exact) mass is 342 g/mol. The average Bonchev–Trinajstić information content (AvgIpc) is 2.71. The molecule has 1 aromatic carbocycles. The van der Waals surface area contributed by atoms with Crippen LogP contribution in [0.1, 0.15) is 30.5 Å².